The van der Waals surface area contributed by atoms with Crippen molar-refractivity contribution in [1.29, 1.82) is 5.26 Å². The van der Waals surface area contributed by atoms with Crippen molar-refractivity contribution in [3.8, 4) is 23.3 Å². The number of hydrogen-bond acceptors (Lipinski definition) is 8. The molecule has 1 amide bonds. The second kappa shape index (κ2) is 9.59. The molecule has 0 atom stereocenters. The van der Waals surface area contributed by atoms with E-state index in [1.807, 2.05) is 36.4 Å². The Morgan fingerprint density at radius 1 is 1.21 bits per heavy atom. The molecule has 2 fully saturated rings. The molecule has 1 spiro atoms. The van der Waals surface area contributed by atoms with Crippen LogP contribution in [0.3, 0.4) is 0 Å². The van der Waals surface area contributed by atoms with Crippen LogP contribution in [0.1, 0.15) is 17.7 Å². The number of carbonyl (C=O) groups excluding carboxylic acids is 1. The summed E-state index contributed by atoms with van der Waals surface area (Å²) in [5.41, 5.74) is 3.44. The minimum absolute atomic E-state index is 0.0128. The summed E-state index contributed by atoms with van der Waals surface area (Å²) < 4.78 is 6.04. The monoisotopic (exact) mass is 506 g/mol. The highest BCUT2D eigenvalue weighted by Gasteiger charge is 2.49. The van der Waals surface area contributed by atoms with Crippen LogP contribution in [0.4, 0.5) is 5.82 Å². The van der Waals surface area contributed by atoms with E-state index in [-0.39, 0.29) is 17.3 Å². The highest BCUT2D eigenvalue weighted by Crippen LogP contribution is 2.43. The zero-order chi connectivity index (χ0) is 26.1. The molecule has 2 saturated heterocycles. The average Bonchev–Trinajstić information content (AvgIpc) is 3.60. The van der Waals surface area contributed by atoms with E-state index in [1.165, 1.54) is 6.08 Å². The summed E-state index contributed by atoms with van der Waals surface area (Å²) in [6.07, 6.45) is 6.36. The van der Waals surface area contributed by atoms with Gasteiger partial charge in [-0.3, -0.25) is 14.9 Å². The lowest BCUT2D eigenvalue weighted by molar-refractivity contribution is -0.136. The summed E-state index contributed by atoms with van der Waals surface area (Å²) in [5.74, 6) is 0.504. The molecule has 2 aliphatic rings. The van der Waals surface area contributed by atoms with E-state index in [2.05, 4.69) is 32.7 Å². The maximum atomic E-state index is 12.0. The average molecular weight is 507 g/mol. The van der Waals surface area contributed by atoms with Gasteiger partial charge in [0.2, 0.25) is 5.91 Å². The highest BCUT2D eigenvalue weighted by molar-refractivity contribution is 5.95. The van der Waals surface area contributed by atoms with Crippen molar-refractivity contribution in [3.63, 3.8) is 0 Å². The zero-order valence-electron chi connectivity index (χ0n) is 20.8. The first-order chi connectivity index (χ1) is 18.6. The van der Waals surface area contributed by atoms with Gasteiger partial charge in [0.05, 0.1) is 24.0 Å². The molecule has 4 aromatic rings. The topological polar surface area (TPSA) is 124 Å². The van der Waals surface area contributed by atoms with Crippen LogP contribution in [0, 0.1) is 16.7 Å². The third-order valence-electron chi connectivity index (χ3n) is 7.31. The van der Waals surface area contributed by atoms with Crippen molar-refractivity contribution < 1.29 is 9.53 Å². The summed E-state index contributed by atoms with van der Waals surface area (Å²) in [4.78, 5) is 29.8. The molecule has 10 heteroatoms. The molecule has 0 unspecified atom stereocenters. The lowest BCUT2D eigenvalue weighted by Crippen LogP contribution is -2.59. The number of carbonyl (C=O) groups is 1. The first-order valence-corrected chi connectivity index (χ1v) is 12.5. The molecule has 1 N–H and O–H groups in total. The van der Waals surface area contributed by atoms with Crippen molar-refractivity contribution in [1.82, 2.24) is 30.0 Å². The Morgan fingerprint density at radius 2 is 2.11 bits per heavy atom. The molecular weight excluding hydrogens is 480 g/mol. The van der Waals surface area contributed by atoms with E-state index in [9.17, 15) is 10.1 Å². The van der Waals surface area contributed by atoms with Gasteiger partial charge in [-0.1, -0.05) is 24.8 Å². The largest absolute Gasteiger partial charge is 0.463 e. The van der Waals surface area contributed by atoms with Crippen molar-refractivity contribution in [2.24, 2.45) is 5.41 Å². The Labute approximate surface area is 219 Å². The molecule has 1 aromatic carbocycles. The number of fused-ring (bicyclic) bond motifs is 1. The smallest absolute Gasteiger partial charge is 0.319 e. The Bertz CT molecular complexity index is 1550. The third-order valence-corrected chi connectivity index (χ3v) is 7.31. The third kappa shape index (κ3) is 4.22. The summed E-state index contributed by atoms with van der Waals surface area (Å²) in [7, 11) is 0. The Kier molecular flexibility index (Phi) is 5.96. The molecule has 0 radical (unpaired) electrons. The van der Waals surface area contributed by atoms with Gasteiger partial charge in [-0.2, -0.15) is 20.3 Å². The number of nitrogens with one attached hydrogen (secondary N) is 1. The van der Waals surface area contributed by atoms with Gasteiger partial charge in [-0.15, -0.1) is 0 Å². The molecule has 0 saturated carbocycles. The Hall–Kier alpha value is -4.78. The van der Waals surface area contributed by atoms with Crippen LogP contribution >= 0.6 is 0 Å². The number of aromatic nitrogens is 5. The van der Waals surface area contributed by atoms with Crippen molar-refractivity contribution >= 4 is 22.6 Å². The van der Waals surface area contributed by atoms with E-state index in [4.69, 9.17) is 14.7 Å². The first-order valence-electron chi connectivity index (χ1n) is 12.5. The van der Waals surface area contributed by atoms with Gasteiger partial charge in [0.25, 0.3) is 0 Å². The van der Waals surface area contributed by atoms with Crippen LogP contribution in [0.15, 0.2) is 61.4 Å². The number of aromatic amines is 1. The summed E-state index contributed by atoms with van der Waals surface area (Å²) >= 11 is 0. The molecule has 10 nitrogen and oxygen atoms in total. The minimum Gasteiger partial charge on any atom is -0.463 e. The number of benzene rings is 1. The quantitative estimate of drug-likeness (QED) is 0.379. The number of amides is 1. The van der Waals surface area contributed by atoms with Gasteiger partial charge >= 0.3 is 6.01 Å². The number of nitriles is 1. The number of rotatable bonds is 7. The maximum absolute atomic E-state index is 12.0. The second-order valence-electron chi connectivity index (χ2n) is 9.79. The maximum Gasteiger partial charge on any atom is 0.319 e. The number of pyridine rings is 1. The fraction of sp³-hybridized carbons (Fsp3) is 0.286. The van der Waals surface area contributed by atoms with Crippen molar-refractivity contribution in [2.45, 2.75) is 12.8 Å². The summed E-state index contributed by atoms with van der Waals surface area (Å²) in [5, 5.41) is 18.3. The van der Waals surface area contributed by atoms with Crippen LogP contribution in [0.2, 0.25) is 0 Å². The Morgan fingerprint density at radius 3 is 2.89 bits per heavy atom. The molecule has 6 rings (SSSR count). The number of anilines is 1. The molecule has 38 heavy (non-hydrogen) atoms. The minimum atomic E-state index is -0.0482. The molecule has 0 aliphatic carbocycles. The lowest BCUT2D eigenvalue weighted by atomic mass is 9.79. The molecule has 2 aliphatic heterocycles. The van der Waals surface area contributed by atoms with E-state index >= 15 is 0 Å². The first kappa shape index (κ1) is 23.6. The van der Waals surface area contributed by atoms with Gasteiger partial charge in [0, 0.05) is 60.9 Å². The normalized spacial score (nSPS) is 15.9. The second-order valence-corrected chi connectivity index (χ2v) is 9.79. The predicted octanol–water partition coefficient (Wildman–Crippen LogP) is 3.13. The lowest BCUT2D eigenvalue weighted by Gasteiger charge is -2.47. The summed E-state index contributed by atoms with van der Waals surface area (Å²) in [6.45, 7) is 6.72. The van der Waals surface area contributed by atoms with Gasteiger partial charge in [-0.25, -0.2) is 0 Å². The van der Waals surface area contributed by atoms with E-state index in [1.54, 1.807) is 17.3 Å². The molecule has 0 bridgehead atoms. The fourth-order valence-electron chi connectivity index (χ4n) is 5.41. The van der Waals surface area contributed by atoms with Gasteiger partial charge in [-0.05, 0) is 30.7 Å². The number of ether oxygens (including phenoxy) is 1. The van der Waals surface area contributed by atoms with Gasteiger partial charge in [0.1, 0.15) is 11.6 Å². The van der Waals surface area contributed by atoms with Gasteiger partial charge in [0.15, 0.2) is 5.82 Å². The SMILES string of the molecule is C=CC(=O)N1CC2(CCN(c3nc(OCCc4ccccn4)nc(-c4cccc5[nH]ncc45)c3C#N)C2)C1. The fourth-order valence-corrected chi connectivity index (χ4v) is 5.41. The summed E-state index contributed by atoms with van der Waals surface area (Å²) in [6, 6.07) is 14.1. The van der Waals surface area contributed by atoms with Crippen LogP contribution < -0.4 is 9.64 Å². The number of nitrogens with zero attached hydrogens (tertiary/aromatic N) is 7. The number of hydrogen-bond donors (Lipinski definition) is 1. The van der Waals surface area contributed by atoms with E-state index in [0.29, 0.717) is 49.7 Å². The highest BCUT2D eigenvalue weighted by atomic mass is 16.5. The van der Waals surface area contributed by atoms with Gasteiger partial charge < -0.3 is 14.5 Å². The van der Waals surface area contributed by atoms with Crippen molar-refractivity contribution in [3.05, 3.63) is 72.7 Å². The molecule has 5 heterocycles. The number of H-pyrrole nitrogens is 1. The van der Waals surface area contributed by atoms with E-state index < -0.39 is 0 Å². The molecular formula is C28H26N8O2. The van der Waals surface area contributed by atoms with Crippen LogP contribution in [0.5, 0.6) is 6.01 Å². The molecule has 3 aromatic heterocycles. The van der Waals surface area contributed by atoms with E-state index in [0.717, 1.165) is 35.1 Å². The van der Waals surface area contributed by atoms with Crippen LogP contribution in [0.25, 0.3) is 22.2 Å². The van der Waals surface area contributed by atoms with Crippen molar-refractivity contribution in [2.75, 3.05) is 37.7 Å². The molecule has 190 valence electrons. The Balaban J connectivity index is 1.35. The van der Waals surface area contributed by atoms with Crippen LogP contribution in [-0.2, 0) is 11.2 Å². The number of likely N-dealkylation sites (tertiary alicyclic amines) is 1. The standard InChI is InChI=1S/C28H26N8O2/c1-2-24(37)36-17-28(18-36)10-12-35(16-28)26-21(14-29)25(20-7-5-8-23-22(20)15-31-34-23)32-27(33-26)38-13-9-19-6-3-4-11-30-19/h2-8,11,15H,1,9-10,12-13,16-18H2,(H,31,34). The predicted molar refractivity (Wildman–Crippen MR) is 141 cm³/mol. The van der Waals surface area contributed by atoms with Crippen LogP contribution in [-0.4, -0.2) is 68.7 Å². The zero-order valence-corrected chi connectivity index (χ0v) is 20.8.